The SMILES string of the molecule is CN(C)S(=O)(=O)NCc1ccc(Nc2nc(Nc3cccc(S(N)(=O)=O)c3)ncc2Cl)cc1. The maximum atomic E-state index is 11.8. The van der Waals surface area contributed by atoms with Crippen molar-refractivity contribution in [3.05, 3.63) is 65.3 Å². The van der Waals surface area contributed by atoms with Gasteiger partial charge < -0.3 is 10.6 Å². The molecule has 33 heavy (non-hydrogen) atoms. The number of hydrogen-bond acceptors (Lipinski definition) is 8. The molecule has 0 atom stereocenters. The summed E-state index contributed by atoms with van der Waals surface area (Å²) in [5, 5.41) is 11.4. The Bertz CT molecular complexity index is 1350. The van der Waals surface area contributed by atoms with Gasteiger partial charge in [0.15, 0.2) is 5.82 Å². The average molecular weight is 512 g/mol. The molecule has 0 saturated heterocycles. The highest BCUT2D eigenvalue weighted by Crippen LogP contribution is 2.25. The first kappa shape index (κ1) is 24.8. The lowest BCUT2D eigenvalue weighted by molar-refractivity contribution is 0.505. The first-order chi connectivity index (χ1) is 15.4. The quantitative estimate of drug-likeness (QED) is 0.340. The van der Waals surface area contributed by atoms with Gasteiger partial charge in [0, 0.05) is 32.0 Å². The summed E-state index contributed by atoms with van der Waals surface area (Å²) in [6.07, 6.45) is 1.40. The fraction of sp³-hybridized carbons (Fsp3) is 0.158. The molecule has 0 aliphatic heterocycles. The van der Waals surface area contributed by atoms with Gasteiger partial charge in [0.05, 0.1) is 11.1 Å². The van der Waals surface area contributed by atoms with Crippen LogP contribution in [-0.2, 0) is 26.8 Å². The Hall–Kier alpha value is -2.81. The first-order valence-electron chi connectivity index (χ1n) is 9.39. The fourth-order valence-corrected chi connectivity index (χ4v) is 3.85. The van der Waals surface area contributed by atoms with Gasteiger partial charge in [-0.15, -0.1) is 0 Å². The molecule has 1 aromatic heterocycles. The van der Waals surface area contributed by atoms with E-state index in [-0.39, 0.29) is 22.4 Å². The lowest BCUT2D eigenvalue weighted by atomic mass is 10.2. The maximum Gasteiger partial charge on any atom is 0.279 e. The maximum absolute atomic E-state index is 11.8. The molecule has 0 spiro atoms. The molecule has 176 valence electrons. The van der Waals surface area contributed by atoms with Gasteiger partial charge in [0.25, 0.3) is 10.2 Å². The Morgan fingerprint density at radius 1 is 1.00 bits per heavy atom. The van der Waals surface area contributed by atoms with Crippen molar-refractivity contribution in [3.63, 3.8) is 0 Å². The van der Waals surface area contributed by atoms with Crippen LogP contribution in [0.4, 0.5) is 23.1 Å². The molecule has 11 nitrogen and oxygen atoms in total. The molecule has 0 fully saturated rings. The number of primary sulfonamides is 1. The van der Waals surface area contributed by atoms with Gasteiger partial charge >= 0.3 is 0 Å². The van der Waals surface area contributed by atoms with Crippen LogP contribution in [0.25, 0.3) is 0 Å². The smallest absolute Gasteiger partial charge is 0.279 e. The minimum Gasteiger partial charge on any atom is -0.339 e. The molecule has 0 aliphatic carbocycles. The Labute approximate surface area is 197 Å². The zero-order valence-corrected chi connectivity index (χ0v) is 20.0. The zero-order chi connectivity index (χ0) is 24.2. The number of halogens is 1. The van der Waals surface area contributed by atoms with Crippen molar-refractivity contribution in [2.75, 3.05) is 24.7 Å². The van der Waals surface area contributed by atoms with Gasteiger partial charge in [-0.2, -0.15) is 22.4 Å². The van der Waals surface area contributed by atoms with Crippen LogP contribution < -0.4 is 20.5 Å². The largest absolute Gasteiger partial charge is 0.339 e. The molecule has 0 amide bonds. The van der Waals surface area contributed by atoms with E-state index in [1.807, 2.05) is 0 Å². The second kappa shape index (κ2) is 9.99. The summed E-state index contributed by atoms with van der Waals surface area (Å²) in [6.45, 7) is 0.140. The van der Waals surface area contributed by atoms with Gasteiger partial charge in [-0.1, -0.05) is 29.8 Å². The van der Waals surface area contributed by atoms with Crippen LogP contribution in [0.3, 0.4) is 0 Å². The second-order valence-corrected chi connectivity index (χ2v) is 11.0. The number of anilines is 4. The van der Waals surface area contributed by atoms with Gasteiger partial charge in [0.2, 0.25) is 16.0 Å². The molecule has 1 heterocycles. The van der Waals surface area contributed by atoms with E-state index in [0.717, 1.165) is 9.87 Å². The summed E-state index contributed by atoms with van der Waals surface area (Å²) in [7, 11) is -4.47. The predicted molar refractivity (Wildman–Crippen MR) is 127 cm³/mol. The van der Waals surface area contributed by atoms with E-state index in [9.17, 15) is 16.8 Å². The third-order valence-corrected chi connectivity index (χ3v) is 6.98. The van der Waals surface area contributed by atoms with E-state index in [1.165, 1.54) is 38.5 Å². The molecule has 0 radical (unpaired) electrons. The summed E-state index contributed by atoms with van der Waals surface area (Å²) in [5.74, 6) is 0.501. The molecule has 3 aromatic rings. The average Bonchev–Trinajstić information content (AvgIpc) is 2.75. The summed E-state index contributed by atoms with van der Waals surface area (Å²) < 4.78 is 50.3. The van der Waals surface area contributed by atoms with Crippen molar-refractivity contribution in [3.8, 4) is 0 Å². The van der Waals surface area contributed by atoms with Crippen LogP contribution in [0, 0.1) is 0 Å². The van der Waals surface area contributed by atoms with E-state index < -0.39 is 20.2 Å². The Morgan fingerprint density at radius 2 is 1.70 bits per heavy atom. The van der Waals surface area contributed by atoms with Crippen molar-refractivity contribution in [1.29, 1.82) is 0 Å². The van der Waals surface area contributed by atoms with Crippen LogP contribution in [0.15, 0.2) is 59.6 Å². The van der Waals surface area contributed by atoms with Crippen LogP contribution >= 0.6 is 11.6 Å². The summed E-state index contributed by atoms with van der Waals surface area (Å²) in [5.41, 5.74) is 1.85. The van der Waals surface area contributed by atoms with E-state index in [1.54, 1.807) is 30.3 Å². The number of nitrogens with one attached hydrogen (secondary N) is 3. The van der Waals surface area contributed by atoms with Gasteiger partial charge in [-0.05, 0) is 35.9 Å². The number of benzene rings is 2. The Morgan fingerprint density at radius 3 is 2.33 bits per heavy atom. The number of rotatable bonds is 9. The van der Waals surface area contributed by atoms with E-state index in [0.29, 0.717) is 17.2 Å². The lowest BCUT2D eigenvalue weighted by Gasteiger charge is -2.13. The molecule has 5 N–H and O–H groups in total. The summed E-state index contributed by atoms with van der Waals surface area (Å²) in [6, 6.07) is 12.9. The van der Waals surface area contributed by atoms with Crippen LogP contribution in [0.2, 0.25) is 5.02 Å². The molecule has 0 saturated carbocycles. The molecular formula is C19H22ClN7O4S2. The number of aromatic nitrogens is 2. The minimum atomic E-state index is -3.85. The molecule has 14 heteroatoms. The number of hydrogen-bond donors (Lipinski definition) is 4. The Kier molecular flexibility index (Phi) is 7.51. The Balaban J connectivity index is 1.71. The van der Waals surface area contributed by atoms with Crippen LogP contribution in [0.5, 0.6) is 0 Å². The van der Waals surface area contributed by atoms with Crippen molar-refractivity contribution in [2.24, 2.45) is 5.14 Å². The molecule has 0 aliphatic rings. The van der Waals surface area contributed by atoms with E-state index in [4.69, 9.17) is 16.7 Å². The molecule has 0 bridgehead atoms. The second-order valence-electron chi connectivity index (χ2n) is 7.02. The van der Waals surface area contributed by atoms with Crippen molar-refractivity contribution in [2.45, 2.75) is 11.4 Å². The van der Waals surface area contributed by atoms with E-state index >= 15 is 0 Å². The third-order valence-electron chi connectivity index (χ3n) is 4.32. The standard InChI is InChI=1S/C19H22ClN7O4S2/c1-27(2)33(30,31)23-11-13-6-8-14(9-7-13)24-18-17(20)12-22-19(26-18)25-15-4-3-5-16(10-15)32(21,28)29/h3-10,12,23H,11H2,1-2H3,(H2,21,28,29)(H2,22,24,25,26). The lowest BCUT2D eigenvalue weighted by Crippen LogP contribution is -2.35. The number of nitrogens with two attached hydrogens (primary N) is 1. The normalized spacial score (nSPS) is 12.0. The van der Waals surface area contributed by atoms with Gasteiger partial charge in [-0.25, -0.2) is 18.5 Å². The predicted octanol–water partition coefficient (Wildman–Crippen LogP) is 2.16. The van der Waals surface area contributed by atoms with Crippen LogP contribution in [-0.4, -0.2) is 45.2 Å². The molecule has 0 unspecified atom stereocenters. The highest BCUT2D eigenvalue weighted by Gasteiger charge is 2.13. The topological polar surface area (TPSA) is 159 Å². The van der Waals surface area contributed by atoms with Crippen molar-refractivity contribution < 1.29 is 16.8 Å². The van der Waals surface area contributed by atoms with Gasteiger partial charge in [-0.3, -0.25) is 0 Å². The van der Waals surface area contributed by atoms with E-state index in [2.05, 4.69) is 25.3 Å². The number of nitrogens with zero attached hydrogens (tertiary/aromatic N) is 3. The fourth-order valence-electron chi connectivity index (χ4n) is 2.54. The minimum absolute atomic E-state index is 0.0484. The monoisotopic (exact) mass is 511 g/mol. The van der Waals surface area contributed by atoms with Gasteiger partial charge in [0.1, 0.15) is 5.02 Å². The highest BCUT2D eigenvalue weighted by atomic mass is 35.5. The number of sulfonamides is 1. The van der Waals surface area contributed by atoms with Crippen molar-refractivity contribution >= 4 is 55.0 Å². The molecular weight excluding hydrogens is 490 g/mol. The zero-order valence-electron chi connectivity index (χ0n) is 17.6. The molecule has 2 aromatic carbocycles. The third kappa shape index (κ3) is 6.83. The molecule has 3 rings (SSSR count). The summed E-state index contributed by atoms with van der Waals surface area (Å²) in [4.78, 5) is 8.37. The highest BCUT2D eigenvalue weighted by molar-refractivity contribution is 7.89. The van der Waals surface area contributed by atoms with Crippen molar-refractivity contribution in [1.82, 2.24) is 19.0 Å². The van der Waals surface area contributed by atoms with Crippen LogP contribution in [0.1, 0.15) is 5.56 Å². The first-order valence-corrected chi connectivity index (χ1v) is 12.8. The summed E-state index contributed by atoms with van der Waals surface area (Å²) >= 11 is 6.20.